The molecule has 0 radical (unpaired) electrons. The summed E-state index contributed by atoms with van der Waals surface area (Å²) < 4.78 is 0. The van der Waals surface area contributed by atoms with E-state index >= 15 is 0 Å². The number of fused-ring (bicyclic) bond motifs is 2. The molecule has 1 amide bonds. The van der Waals surface area contributed by atoms with E-state index in [2.05, 4.69) is 19.2 Å². The molecule has 0 heterocycles. The van der Waals surface area contributed by atoms with Gasteiger partial charge in [0.2, 0.25) is 5.91 Å². The molecular formula is C17H25NO3. The summed E-state index contributed by atoms with van der Waals surface area (Å²) in [5.41, 5.74) is 0. The second-order valence-electron chi connectivity index (χ2n) is 7.22. The minimum absolute atomic E-state index is 0.0369. The number of nitrogens with one attached hydrogen (secondary N) is 1. The van der Waals surface area contributed by atoms with Gasteiger partial charge in [-0.1, -0.05) is 38.8 Å². The zero-order valence-electron chi connectivity index (χ0n) is 12.8. The van der Waals surface area contributed by atoms with E-state index in [-0.39, 0.29) is 29.7 Å². The Balaban J connectivity index is 1.70. The molecule has 2 bridgehead atoms. The van der Waals surface area contributed by atoms with E-state index in [0.717, 1.165) is 19.3 Å². The van der Waals surface area contributed by atoms with Crippen LogP contribution >= 0.6 is 0 Å². The molecule has 0 aromatic rings. The van der Waals surface area contributed by atoms with Gasteiger partial charge in [-0.2, -0.15) is 0 Å². The van der Waals surface area contributed by atoms with Crippen LogP contribution in [-0.2, 0) is 9.59 Å². The van der Waals surface area contributed by atoms with Crippen LogP contribution in [0.1, 0.15) is 39.5 Å². The van der Waals surface area contributed by atoms with Crippen molar-refractivity contribution in [2.45, 2.75) is 45.6 Å². The maximum absolute atomic E-state index is 12.7. The van der Waals surface area contributed by atoms with Crippen LogP contribution in [0, 0.1) is 35.5 Å². The number of allylic oxidation sites excluding steroid dienone is 2. The summed E-state index contributed by atoms with van der Waals surface area (Å²) in [7, 11) is 0. The summed E-state index contributed by atoms with van der Waals surface area (Å²) >= 11 is 0. The Kier molecular flexibility index (Phi) is 3.80. The van der Waals surface area contributed by atoms with E-state index in [4.69, 9.17) is 0 Å². The standard InChI is InChI=1S/C17H25NO3/c1-9-4-3-5-13(10(9)2)18-16(19)14-11-6-7-12(8-11)15(14)17(20)21/h6-7,9-15H,3-5,8H2,1-2H3,(H,18,19)(H,20,21)/t9-,10+,11+,12+,13+,14-,15+/m1/s1. The molecule has 116 valence electrons. The van der Waals surface area contributed by atoms with Gasteiger partial charge in [-0.05, 0) is 36.5 Å². The zero-order chi connectivity index (χ0) is 15.1. The molecule has 0 aromatic carbocycles. The lowest BCUT2D eigenvalue weighted by Gasteiger charge is -2.36. The average molecular weight is 291 g/mol. The van der Waals surface area contributed by atoms with E-state index < -0.39 is 11.9 Å². The fourth-order valence-electron chi connectivity index (χ4n) is 4.58. The van der Waals surface area contributed by atoms with Gasteiger partial charge in [0.25, 0.3) is 0 Å². The normalized spacial score (nSPS) is 44.8. The molecule has 0 saturated heterocycles. The molecule has 21 heavy (non-hydrogen) atoms. The lowest BCUT2D eigenvalue weighted by Crippen LogP contribution is -2.48. The first-order chi connectivity index (χ1) is 9.99. The van der Waals surface area contributed by atoms with Crippen molar-refractivity contribution in [2.24, 2.45) is 35.5 Å². The lowest BCUT2D eigenvalue weighted by atomic mass is 9.77. The maximum Gasteiger partial charge on any atom is 0.307 e. The molecule has 0 unspecified atom stereocenters. The van der Waals surface area contributed by atoms with Crippen molar-refractivity contribution in [3.63, 3.8) is 0 Å². The summed E-state index contributed by atoms with van der Waals surface area (Å²) in [4.78, 5) is 24.2. The van der Waals surface area contributed by atoms with Gasteiger partial charge in [0, 0.05) is 6.04 Å². The zero-order valence-corrected chi connectivity index (χ0v) is 12.8. The van der Waals surface area contributed by atoms with Crippen LogP contribution in [0.15, 0.2) is 12.2 Å². The van der Waals surface area contributed by atoms with Crippen LogP contribution in [0.4, 0.5) is 0 Å². The number of hydrogen-bond acceptors (Lipinski definition) is 2. The first-order valence-corrected chi connectivity index (χ1v) is 8.20. The Hall–Kier alpha value is -1.32. The number of hydrogen-bond donors (Lipinski definition) is 2. The second-order valence-corrected chi connectivity index (χ2v) is 7.22. The van der Waals surface area contributed by atoms with Gasteiger partial charge in [-0.25, -0.2) is 0 Å². The van der Waals surface area contributed by atoms with Crippen molar-refractivity contribution in [3.05, 3.63) is 12.2 Å². The number of aliphatic carboxylic acids is 1. The van der Waals surface area contributed by atoms with Crippen molar-refractivity contribution < 1.29 is 14.7 Å². The Bertz CT molecular complexity index is 473. The predicted molar refractivity (Wildman–Crippen MR) is 79.5 cm³/mol. The van der Waals surface area contributed by atoms with E-state index in [0.29, 0.717) is 11.8 Å². The summed E-state index contributed by atoms with van der Waals surface area (Å²) in [6.07, 6.45) is 8.24. The molecule has 2 N–H and O–H groups in total. The number of rotatable bonds is 3. The van der Waals surface area contributed by atoms with Crippen LogP contribution < -0.4 is 5.32 Å². The fourth-order valence-corrected chi connectivity index (χ4v) is 4.58. The van der Waals surface area contributed by atoms with Crippen LogP contribution in [0.25, 0.3) is 0 Å². The van der Waals surface area contributed by atoms with Gasteiger partial charge in [-0.3, -0.25) is 9.59 Å². The molecule has 7 atom stereocenters. The molecule has 2 saturated carbocycles. The van der Waals surface area contributed by atoms with Crippen LogP contribution in [0.5, 0.6) is 0 Å². The van der Waals surface area contributed by atoms with Gasteiger partial charge in [0.05, 0.1) is 11.8 Å². The quantitative estimate of drug-likeness (QED) is 0.785. The van der Waals surface area contributed by atoms with E-state index in [1.165, 1.54) is 6.42 Å². The fraction of sp³-hybridized carbons (Fsp3) is 0.765. The largest absolute Gasteiger partial charge is 0.481 e. The minimum Gasteiger partial charge on any atom is -0.481 e. The first kappa shape index (κ1) is 14.6. The van der Waals surface area contributed by atoms with Gasteiger partial charge >= 0.3 is 5.97 Å². The number of carboxylic acid groups (broad SMARTS) is 1. The molecule has 3 aliphatic rings. The SMILES string of the molecule is C[C@H]1[C@H](C)CCC[C@@H]1NC(=O)[C@H]1[C@@H](C(=O)O)[C@H]2C=C[C@H]1C2. The molecule has 3 aliphatic carbocycles. The maximum atomic E-state index is 12.7. The Morgan fingerprint density at radius 3 is 2.43 bits per heavy atom. The molecule has 4 nitrogen and oxygen atoms in total. The van der Waals surface area contributed by atoms with Gasteiger partial charge in [0.15, 0.2) is 0 Å². The van der Waals surface area contributed by atoms with Gasteiger partial charge in [0.1, 0.15) is 0 Å². The third-order valence-electron chi connectivity index (χ3n) is 6.08. The second kappa shape index (κ2) is 5.47. The molecule has 0 spiro atoms. The van der Waals surface area contributed by atoms with E-state index in [1.807, 2.05) is 12.2 Å². The van der Waals surface area contributed by atoms with Crippen LogP contribution in [0.3, 0.4) is 0 Å². The molecule has 4 heteroatoms. The highest BCUT2D eigenvalue weighted by atomic mass is 16.4. The highest BCUT2D eigenvalue weighted by Crippen LogP contribution is 2.48. The van der Waals surface area contributed by atoms with Gasteiger partial charge in [-0.15, -0.1) is 0 Å². The smallest absolute Gasteiger partial charge is 0.307 e. The van der Waals surface area contributed by atoms with Crippen molar-refractivity contribution in [2.75, 3.05) is 0 Å². The van der Waals surface area contributed by atoms with Crippen LogP contribution in [-0.4, -0.2) is 23.0 Å². The summed E-state index contributed by atoms with van der Waals surface area (Å²) in [5.74, 6) is -0.502. The van der Waals surface area contributed by atoms with Crippen molar-refractivity contribution in [3.8, 4) is 0 Å². The Morgan fingerprint density at radius 1 is 1.10 bits per heavy atom. The monoisotopic (exact) mass is 291 g/mol. The topological polar surface area (TPSA) is 66.4 Å². The summed E-state index contributed by atoms with van der Waals surface area (Å²) in [6.45, 7) is 4.44. The van der Waals surface area contributed by atoms with Crippen molar-refractivity contribution in [1.29, 1.82) is 0 Å². The minimum atomic E-state index is -0.822. The molecule has 0 aliphatic heterocycles. The highest BCUT2D eigenvalue weighted by Gasteiger charge is 2.52. The molecular weight excluding hydrogens is 266 g/mol. The van der Waals surface area contributed by atoms with E-state index in [1.54, 1.807) is 0 Å². The van der Waals surface area contributed by atoms with E-state index in [9.17, 15) is 14.7 Å². The van der Waals surface area contributed by atoms with Crippen LogP contribution in [0.2, 0.25) is 0 Å². The summed E-state index contributed by atoms with van der Waals surface area (Å²) in [6, 6.07) is 0.207. The molecule has 2 fully saturated rings. The predicted octanol–water partition coefficient (Wildman–Crippen LogP) is 2.45. The summed E-state index contributed by atoms with van der Waals surface area (Å²) in [5, 5.41) is 12.6. The average Bonchev–Trinajstić information content (AvgIpc) is 3.04. The number of carbonyl (C=O) groups is 2. The third-order valence-corrected chi connectivity index (χ3v) is 6.08. The number of amides is 1. The highest BCUT2D eigenvalue weighted by molar-refractivity contribution is 5.87. The third kappa shape index (κ3) is 2.49. The van der Waals surface area contributed by atoms with Gasteiger partial charge < -0.3 is 10.4 Å². The van der Waals surface area contributed by atoms with Crippen molar-refractivity contribution >= 4 is 11.9 Å². The molecule has 3 rings (SSSR count). The first-order valence-electron chi connectivity index (χ1n) is 8.20. The number of carbonyl (C=O) groups excluding carboxylic acids is 1. The number of carboxylic acids is 1. The Morgan fingerprint density at radius 2 is 1.76 bits per heavy atom. The molecule has 0 aromatic heterocycles. The van der Waals surface area contributed by atoms with Crippen molar-refractivity contribution in [1.82, 2.24) is 5.32 Å². The Labute approximate surface area is 126 Å². The lowest BCUT2D eigenvalue weighted by molar-refractivity contribution is -0.148.